The van der Waals surface area contributed by atoms with Gasteiger partial charge < -0.3 is 0 Å². The second-order valence-corrected chi connectivity index (χ2v) is 6.75. The molecule has 1 saturated carbocycles. The first-order valence-electron chi connectivity index (χ1n) is 5.47. The van der Waals surface area contributed by atoms with Gasteiger partial charge in [0, 0.05) is 11.9 Å². The second kappa shape index (κ2) is 5.11. The molecule has 3 nitrogen and oxygen atoms in total. The molecule has 0 amide bonds. The number of nitrogens with one attached hydrogen (secondary N) is 1. The number of sulfonamides is 1. The molecule has 0 saturated heterocycles. The molecule has 2 rings (SSSR count). The van der Waals surface area contributed by atoms with Crippen molar-refractivity contribution >= 4 is 21.6 Å². The molecular formula is C11H12ClF2NO2S. The van der Waals surface area contributed by atoms with Gasteiger partial charge in [-0.25, -0.2) is 21.9 Å². The Morgan fingerprint density at radius 1 is 1.28 bits per heavy atom. The highest BCUT2D eigenvalue weighted by Gasteiger charge is 2.28. The first-order valence-corrected chi connectivity index (χ1v) is 7.39. The van der Waals surface area contributed by atoms with Crippen molar-refractivity contribution in [3.63, 3.8) is 0 Å². The van der Waals surface area contributed by atoms with Crippen molar-refractivity contribution in [2.24, 2.45) is 5.92 Å². The summed E-state index contributed by atoms with van der Waals surface area (Å²) in [6.07, 6.45) is 1.53. The summed E-state index contributed by atoms with van der Waals surface area (Å²) in [7, 11) is -3.79. The molecule has 1 aliphatic rings. The summed E-state index contributed by atoms with van der Waals surface area (Å²) in [4.78, 5) is -0.275. The maximum Gasteiger partial charge on any atom is 0.240 e. The van der Waals surface area contributed by atoms with E-state index >= 15 is 0 Å². The molecule has 7 heteroatoms. The molecular weight excluding hydrogens is 284 g/mol. The summed E-state index contributed by atoms with van der Waals surface area (Å²) in [5.74, 6) is -2.03. The number of halogens is 3. The Labute approximate surface area is 109 Å². The van der Waals surface area contributed by atoms with E-state index in [1.807, 2.05) is 0 Å². The second-order valence-electron chi connectivity index (χ2n) is 4.36. The zero-order chi connectivity index (χ0) is 13.3. The first kappa shape index (κ1) is 13.7. The Bertz CT molecular complexity index is 544. The Morgan fingerprint density at radius 2 is 1.94 bits per heavy atom. The number of rotatable bonds is 4. The van der Waals surface area contributed by atoms with E-state index in [2.05, 4.69) is 4.72 Å². The van der Waals surface area contributed by atoms with Crippen LogP contribution in [0.1, 0.15) is 12.8 Å². The van der Waals surface area contributed by atoms with Gasteiger partial charge in [-0.05, 0) is 37.0 Å². The van der Waals surface area contributed by atoms with Crippen molar-refractivity contribution in [3.8, 4) is 0 Å². The predicted octanol–water partition coefficient (Wildman–Crippen LogP) is 2.26. The Balaban J connectivity index is 2.03. The highest BCUT2D eigenvalue weighted by molar-refractivity contribution is 7.89. The third-order valence-corrected chi connectivity index (χ3v) is 4.72. The van der Waals surface area contributed by atoms with Gasteiger partial charge in [-0.15, -0.1) is 11.6 Å². The van der Waals surface area contributed by atoms with Crippen LogP contribution in [-0.4, -0.2) is 20.3 Å². The fourth-order valence-electron chi connectivity index (χ4n) is 1.78. The maximum atomic E-state index is 13.0. The van der Waals surface area contributed by atoms with Crippen LogP contribution in [0.4, 0.5) is 8.78 Å². The Hall–Kier alpha value is -0.720. The van der Waals surface area contributed by atoms with Crippen LogP contribution in [0.2, 0.25) is 0 Å². The normalized spacial score (nSPS) is 23.7. The zero-order valence-electron chi connectivity index (χ0n) is 9.37. The van der Waals surface area contributed by atoms with E-state index in [0.717, 1.165) is 25.0 Å². The lowest BCUT2D eigenvalue weighted by atomic mass is 9.85. The van der Waals surface area contributed by atoms with Crippen molar-refractivity contribution in [1.82, 2.24) is 4.72 Å². The fourth-order valence-corrected chi connectivity index (χ4v) is 3.41. The van der Waals surface area contributed by atoms with E-state index in [4.69, 9.17) is 11.6 Å². The summed E-state index contributed by atoms with van der Waals surface area (Å²) < 4.78 is 51.6. The van der Waals surface area contributed by atoms with E-state index in [-0.39, 0.29) is 22.7 Å². The molecule has 18 heavy (non-hydrogen) atoms. The smallest absolute Gasteiger partial charge is 0.211 e. The number of hydrogen-bond acceptors (Lipinski definition) is 2. The van der Waals surface area contributed by atoms with Crippen molar-refractivity contribution in [3.05, 3.63) is 29.8 Å². The highest BCUT2D eigenvalue weighted by atomic mass is 35.5. The Morgan fingerprint density at radius 3 is 2.50 bits per heavy atom. The van der Waals surface area contributed by atoms with Gasteiger partial charge in [0.2, 0.25) is 10.0 Å². The van der Waals surface area contributed by atoms with Crippen LogP contribution in [0, 0.1) is 17.6 Å². The van der Waals surface area contributed by atoms with Crippen molar-refractivity contribution in [1.29, 1.82) is 0 Å². The molecule has 0 heterocycles. The molecule has 1 fully saturated rings. The molecule has 0 aliphatic heterocycles. The highest BCUT2D eigenvalue weighted by Crippen LogP contribution is 2.31. The third-order valence-electron chi connectivity index (χ3n) is 2.94. The average molecular weight is 296 g/mol. The fraction of sp³-hybridized carbons (Fsp3) is 0.455. The first-order chi connectivity index (χ1) is 8.38. The monoisotopic (exact) mass is 295 g/mol. The van der Waals surface area contributed by atoms with Gasteiger partial charge in [0.15, 0.2) is 11.6 Å². The van der Waals surface area contributed by atoms with Crippen LogP contribution in [-0.2, 0) is 10.0 Å². The van der Waals surface area contributed by atoms with E-state index in [0.29, 0.717) is 6.07 Å². The summed E-state index contributed by atoms with van der Waals surface area (Å²) in [6.45, 7) is 0.268. The minimum Gasteiger partial charge on any atom is -0.211 e. The van der Waals surface area contributed by atoms with Gasteiger partial charge in [0.05, 0.1) is 4.90 Å². The number of benzene rings is 1. The van der Waals surface area contributed by atoms with Gasteiger partial charge in [-0.1, -0.05) is 0 Å². The topological polar surface area (TPSA) is 46.2 Å². The predicted molar refractivity (Wildman–Crippen MR) is 63.9 cm³/mol. The summed E-state index contributed by atoms with van der Waals surface area (Å²) >= 11 is 5.78. The molecule has 1 aromatic carbocycles. The lowest BCUT2D eigenvalue weighted by Crippen LogP contribution is -2.36. The molecule has 1 aromatic rings. The van der Waals surface area contributed by atoms with Crippen LogP contribution < -0.4 is 4.72 Å². The SMILES string of the molecule is O=S(=O)(NCC1CC(Cl)C1)c1ccc(F)c(F)c1. The number of alkyl halides is 1. The molecule has 0 atom stereocenters. The van der Waals surface area contributed by atoms with Crippen LogP contribution in [0.25, 0.3) is 0 Å². The van der Waals surface area contributed by atoms with Gasteiger partial charge in [-0.3, -0.25) is 0 Å². The standard InChI is InChI=1S/C11H12ClF2NO2S/c12-8-3-7(4-8)6-15-18(16,17)9-1-2-10(13)11(14)5-9/h1-2,5,7-8,15H,3-4,6H2. The van der Waals surface area contributed by atoms with E-state index in [1.54, 1.807) is 0 Å². The van der Waals surface area contributed by atoms with Gasteiger partial charge >= 0.3 is 0 Å². The van der Waals surface area contributed by atoms with Crippen molar-refractivity contribution in [2.45, 2.75) is 23.1 Å². The van der Waals surface area contributed by atoms with E-state index < -0.39 is 21.7 Å². The summed E-state index contributed by atoms with van der Waals surface area (Å²) in [5, 5.41) is 0.114. The largest absolute Gasteiger partial charge is 0.240 e. The van der Waals surface area contributed by atoms with E-state index in [9.17, 15) is 17.2 Å². The summed E-state index contributed by atoms with van der Waals surface area (Å²) in [6, 6.07) is 2.50. The number of hydrogen-bond donors (Lipinski definition) is 1. The zero-order valence-corrected chi connectivity index (χ0v) is 10.9. The van der Waals surface area contributed by atoms with Gasteiger partial charge in [0.1, 0.15) is 0 Å². The molecule has 0 radical (unpaired) electrons. The molecule has 0 spiro atoms. The Kier molecular flexibility index (Phi) is 3.89. The minimum absolute atomic E-state index is 0.114. The van der Waals surface area contributed by atoms with Gasteiger partial charge in [-0.2, -0.15) is 0 Å². The molecule has 0 unspecified atom stereocenters. The quantitative estimate of drug-likeness (QED) is 0.866. The van der Waals surface area contributed by atoms with Crippen molar-refractivity contribution < 1.29 is 17.2 Å². The van der Waals surface area contributed by atoms with Crippen LogP contribution in [0.3, 0.4) is 0 Å². The molecule has 1 aliphatic carbocycles. The lowest BCUT2D eigenvalue weighted by Gasteiger charge is -2.30. The molecule has 1 N–H and O–H groups in total. The van der Waals surface area contributed by atoms with Crippen LogP contribution in [0.5, 0.6) is 0 Å². The maximum absolute atomic E-state index is 13.0. The third kappa shape index (κ3) is 2.99. The van der Waals surface area contributed by atoms with Crippen molar-refractivity contribution in [2.75, 3.05) is 6.54 Å². The molecule has 0 aromatic heterocycles. The average Bonchev–Trinajstić information content (AvgIpc) is 2.26. The van der Waals surface area contributed by atoms with Gasteiger partial charge in [0.25, 0.3) is 0 Å². The lowest BCUT2D eigenvalue weighted by molar-refractivity contribution is 0.324. The molecule has 100 valence electrons. The summed E-state index contributed by atoms with van der Waals surface area (Å²) in [5.41, 5.74) is 0. The van der Waals surface area contributed by atoms with Crippen LogP contribution >= 0.6 is 11.6 Å². The molecule has 0 bridgehead atoms. The minimum atomic E-state index is -3.79. The van der Waals surface area contributed by atoms with E-state index in [1.165, 1.54) is 0 Å². The van der Waals surface area contributed by atoms with Crippen LogP contribution in [0.15, 0.2) is 23.1 Å².